The molecule has 9 heteroatoms. The number of amides is 3. The van der Waals surface area contributed by atoms with Crippen molar-refractivity contribution in [2.75, 3.05) is 13.1 Å². The molecule has 0 saturated heterocycles. The molecule has 2 atom stereocenters. The van der Waals surface area contributed by atoms with Crippen LogP contribution in [0.25, 0.3) is 11.4 Å². The molecule has 2 heterocycles. The lowest BCUT2D eigenvalue weighted by molar-refractivity contribution is -0.135. The summed E-state index contributed by atoms with van der Waals surface area (Å²) in [5, 5.41) is 10.7. The zero-order valence-electron chi connectivity index (χ0n) is 21.5. The predicted octanol–water partition coefficient (Wildman–Crippen LogP) is 2.93. The number of rotatable bonds is 4. The van der Waals surface area contributed by atoms with E-state index in [0.29, 0.717) is 44.1 Å². The average molecular weight is 483 g/mol. The predicted molar refractivity (Wildman–Crippen MR) is 134 cm³/mol. The second-order valence-corrected chi connectivity index (χ2v) is 9.95. The first-order valence-electron chi connectivity index (χ1n) is 12.5. The van der Waals surface area contributed by atoms with E-state index in [1.807, 2.05) is 65.0 Å². The lowest BCUT2D eigenvalue weighted by atomic mass is 10.0. The minimum atomic E-state index is -0.633. The molecule has 0 unspecified atom stereocenters. The largest absolute Gasteiger partial charge is 0.345 e. The number of benzene rings is 1. The zero-order chi connectivity index (χ0) is 25.5. The van der Waals surface area contributed by atoms with Crippen LogP contribution < -0.4 is 10.6 Å². The van der Waals surface area contributed by atoms with Gasteiger partial charge in [0.15, 0.2) is 5.82 Å². The maximum Gasteiger partial charge on any atom is 0.243 e. The van der Waals surface area contributed by atoms with Crippen LogP contribution in [0.4, 0.5) is 0 Å². The van der Waals surface area contributed by atoms with Gasteiger partial charge in [0.2, 0.25) is 17.7 Å². The number of carbonyl (C=O) groups is 3. The lowest BCUT2D eigenvalue weighted by Crippen LogP contribution is -2.48. The number of carbonyl (C=O) groups excluding carboxylic acids is 3. The van der Waals surface area contributed by atoms with Crippen LogP contribution in [0.2, 0.25) is 0 Å². The minimum Gasteiger partial charge on any atom is -0.345 e. The van der Waals surface area contributed by atoms with Crippen LogP contribution in [0.5, 0.6) is 0 Å². The Labute approximate surface area is 207 Å². The molecule has 35 heavy (non-hydrogen) atoms. The summed E-state index contributed by atoms with van der Waals surface area (Å²) in [7, 11) is 0. The van der Waals surface area contributed by atoms with Crippen molar-refractivity contribution >= 4 is 17.7 Å². The van der Waals surface area contributed by atoms with Gasteiger partial charge in [-0.15, -0.1) is 0 Å². The van der Waals surface area contributed by atoms with Gasteiger partial charge in [0, 0.05) is 31.0 Å². The molecule has 1 aliphatic rings. The van der Waals surface area contributed by atoms with Gasteiger partial charge in [-0.2, -0.15) is 5.10 Å². The van der Waals surface area contributed by atoms with Crippen LogP contribution in [0.3, 0.4) is 0 Å². The van der Waals surface area contributed by atoms with Crippen molar-refractivity contribution in [3.63, 3.8) is 0 Å². The highest BCUT2D eigenvalue weighted by molar-refractivity contribution is 5.87. The molecule has 0 bridgehead atoms. The van der Waals surface area contributed by atoms with Crippen LogP contribution in [-0.2, 0) is 20.9 Å². The molecule has 0 spiro atoms. The van der Waals surface area contributed by atoms with Gasteiger partial charge in [-0.3, -0.25) is 14.4 Å². The van der Waals surface area contributed by atoms with Gasteiger partial charge in [0.1, 0.15) is 11.9 Å². The summed E-state index contributed by atoms with van der Waals surface area (Å²) in [6, 6.07) is 8.61. The smallest absolute Gasteiger partial charge is 0.243 e. The van der Waals surface area contributed by atoms with Gasteiger partial charge in [-0.05, 0) is 25.7 Å². The van der Waals surface area contributed by atoms with E-state index in [4.69, 9.17) is 10.1 Å². The maximum atomic E-state index is 13.1. The number of hydrogen-bond acceptors (Lipinski definition) is 5. The lowest BCUT2D eigenvalue weighted by Gasteiger charge is -2.27. The fourth-order valence-electron chi connectivity index (χ4n) is 4.24. The Kier molecular flexibility index (Phi) is 9.01. The number of nitrogens with zero attached hydrogens (tertiary/aromatic N) is 4. The van der Waals surface area contributed by atoms with E-state index < -0.39 is 12.1 Å². The second-order valence-electron chi connectivity index (χ2n) is 9.95. The molecular weight excluding hydrogens is 444 g/mol. The van der Waals surface area contributed by atoms with Crippen LogP contribution in [0, 0.1) is 11.8 Å². The molecule has 3 rings (SSSR count). The quantitative estimate of drug-likeness (QED) is 0.696. The van der Waals surface area contributed by atoms with Gasteiger partial charge in [-0.25, -0.2) is 9.67 Å². The fraction of sp³-hybridized carbons (Fsp3) is 0.577. The monoisotopic (exact) mass is 482 g/mol. The highest BCUT2D eigenvalue weighted by Gasteiger charge is 2.27. The molecule has 2 aromatic rings. The summed E-state index contributed by atoms with van der Waals surface area (Å²) >= 11 is 0. The third-order valence-electron chi connectivity index (χ3n) is 6.06. The molecule has 2 N–H and O–H groups in total. The van der Waals surface area contributed by atoms with Crippen molar-refractivity contribution < 1.29 is 14.4 Å². The van der Waals surface area contributed by atoms with E-state index in [-0.39, 0.29) is 36.0 Å². The number of fused-ring (bicyclic) bond motifs is 1. The van der Waals surface area contributed by atoms with Crippen molar-refractivity contribution in [2.24, 2.45) is 11.8 Å². The van der Waals surface area contributed by atoms with Crippen molar-refractivity contribution in [2.45, 2.75) is 72.5 Å². The summed E-state index contributed by atoms with van der Waals surface area (Å²) in [6.07, 6.45) is 1.31. The van der Waals surface area contributed by atoms with Crippen molar-refractivity contribution in [3.05, 3.63) is 36.2 Å². The zero-order valence-corrected chi connectivity index (χ0v) is 21.5. The number of aromatic nitrogens is 3. The molecule has 1 aliphatic heterocycles. The first kappa shape index (κ1) is 26.4. The molecule has 3 amide bonds. The van der Waals surface area contributed by atoms with Gasteiger partial charge < -0.3 is 15.5 Å². The van der Waals surface area contributed by atoms with Gasteiger partial charge in [0.05, 0.1) is 12.6 Å². The molecule has 1 aromatic heterocycles. The average Bonchev–Trinajstić information content (AvgIpc) is 3.24. The van der Waals surface area contributed by atoms with Crippen LogP contribution >= 0.6 is 0 Å². The first-order valence-corrected chi connectivity index (χ1v) is 12.5. The highest BCUT2D eigenvalue weighted by atomic mass is 16.2. The molecule has 0 aliphatic carbocycles. The molecule has 0 saturated carbocycles. The molecular formula is C26H38N6O3. The molecule has 0 fully saturated rings. The van der Waals surface area contributed by atoms with E-state index >= 15 is 0 Å². The Balaban J connectivity index is 1.96. The topological polar surface area (TPSA) is 109 Å². The minimum absolute atomic E-state index is 0.0430. The van der Waals surface area contributed by atoms with E-state index in [9.17, 15) is 14.4 Å². The molecule has 0 radical (unpaired) electrons. The Morgan fingerprint density at radius 3 is 2.43 bits per heavy atom. The van der Waals surface area contributed by atoms with E-state index in [1.165, 1.54) is 0 Å². The van der Waals surface area contributed by atoms with E-state index in [1.54, 1.807) is 9.58 Å². The molecule has 1 aromatic carbocycles. The first-order chi connectivity index (χ1) is 16.7. The number of nitrogens with one attached hydrogen (secondary N) is 2. The number of hydrogen-bond donors (Lipinski definition) is 2. The Bertz CT molecular complexity index is 1020. The third-order valence-corrected chi connectivity index (χ3v) is 6.06. The SMILES string of the molecule is CC(C)C[C@H]1NC(=O)CCCN(C(=O)C(C)C)CCn2nc(-c3ccccc3)nc2[C@@H](C)NC1=O. The summed E-state index contributed by atoms with van der Waals surface area (Å²) in [4.78, 5) is 45.2. The van der Waals surface area contributed by atoms with Crippen LogP contribution in [0.15, 0.2) is 30.3 Å². The summed E-state index contributed by atoms with van der Waals surface area (Å²) in [5.74, 6) is 0.896. The van der Waals surface area contributed by atoms with Gasteiger partial charge in [0.25, 0.3) is 0 Å². The molecule has 9 nitrogen and oxygen atoms in total. The summed E-state index contributed by atoms with van der Waals surface area (Å²) < 4.78 is 1.79. The Morgan fingerprint density at radius 2 is 1.77 bits per heavy atom. The van der Waals surface area contributed by atoms with E-state index in [0.717, 1.165) is 5.56 Å². The Morgan fingerprint density at radius 1 is 1.06 bits per heavy atom. The third kappa shape index (κ3) is 7.13. The highest BCUT2D eigenvalue weighted by Crippen LogP contribution is 2.20. The van der Waals surface area contributed by atoms with Gasteiger partial charge in [-0.1, -0.05) is 58.0 Å². The standard InChI is InChI=1S/C26H38N6O3/c1-17(2)16-21-25(34)27-19(5)24-29-23(20-10-7-6-8-11-20)30-32(24)15-14-31(26(35)18(3)4)13-9-12-22(33)28-21/h6-8,10-11,17-19,21H,9,12-16H2,1-5H3,(H,27,34)(H,28,33)/t19-,21-/m1/s1. The van der Waals surface area contributed by atoms with E-state index in [2.05, 4.69) is 10.6 Å². The summed E-state index contributed by atoms with van der Waals surface area (Å²) in [6.45, 7) is 11.0. The second kappa shape index (κ2) is 12.0. The summed E-state index contributed by atoms with van der Waals surface area (Å²) in [5.41, 5.74) is 0.879. The van der Waals surface area contributed by atoms with Crippen molar-refractivity contribution in [1.82, 2.24) is 30.3 Å². The van der Waals surface area contributed by atoms with Crippen molar-refractivity contribution in [3.8, 4) is 11.4 Å². The fourth-order valence-corrected chi connectivity index (χ4v) is 4.24. The molecule has 190 valence electrons. The maximum absolute atomic E-state index is 13.1. The normalized spacial score (nSPS) is 20.3. The van der Waals surface area contributed by atoms with Crippen LogP contribution in [-0.4, -0.2) is 56.5 Å². The van der Waals surface area contributed by atoms with Crippen molar-refractivity contribution in [1.29, 1.82) is 0 Å². The van der Waals surface area contributed by atoms with Gasteiger partial charge >= 0.3 is 0 Å². The van der Waals surface area contributed by atoms with Crippen LogP contribution in [0.1, 0.15) is 65.7 Å². The Hall–Kier alpha value is -3.23.